The molecule has 2 fully saturated rings. The van der Waals surface area contributed by atoms with Gasteiger partial charge in [-0.1, -0.05) is 44.0 Å². The zero-order chi connectivity index (χ0) is 18.5. The first-order chi connectivity index (χ1) is 12.6. The van der Waals surface area contributed by atoms with Crippen molar-refractivity contribution < 1.29 is 4.79 Å². The number of rotatable bonds is 6. The molecule has 0 aromatic heterocycles. The summed E-state index contributed by atoms with van der Waals surface area (Å²) in [5.74, 6) is 0.145. The van der Waals surface area contributed by atoms with Crippen molar-refractivity contribution in [1.29, 1.82) is 0 Å². The third kappa shape index (κ3) is 4.66. The molecule has 2 unspecified atom stereocenters. The molecule has 4 heteroatoms. The molecule has 4 nitrogen and oxygen atoms in total. The quantitative estimate of drug-likeness (QED) is 0.848. The largest absolute Gasteiger partial charge is 0.348 e. The summed E-state index contributed by atoms with van der Waals surface area (Å²) in [4.78, 5) is 17.7. The van der Waals surface area contributed by atoms with E-state index in [1.807, 2.05) is 6.92 Å². The molecule has 3 rings (SSSR count). The van der Waals surface area contributed by atoms with Gasteiger partial charge in [-0.25, -0.2) is 0 Å². The van der Waals surface area contributed by atoms with Crippen molar-refractivity contribution in [3.63, 3.8) is 0 Å². The first-order valence-corrected chi connectivity index (χ1v) is 10.5. The Morgan fingerprint density at radius 2 is 1.69 bits per heavy atom. The number of hydrogen-bond acceptors (Lipinski definition) is 3. The predicted octanol–water partition coefficient (Wildman–Crippen LogP) is 3.37. The van der Waals surface area contributed by atoms with Gasteiger partial charge in [-0.3, -0.25) is 14.6 Å². The maximum atomic E-state index is 12.7. The second-order valence-corrected chi connectivity index (χ2v) is 8.01. The lowest BCUT2D eigenvalue weighted by atomic mass is 10.0. The minimum absolute atomic E-state index is 0.0515. The van der Waals surface area contributed by atoms with E-state index in [1.165, 1.54) is 36.8 Å². The first-order valence-electron chi connectivity index (χ1n) is 10.5. The number of piperazine rings is 1. The summed E-state index contributed by atoms with van der Waals surface area (Å²) in [7, 11) is 0. The molecule has 1 N–H and O–H groups in total. The lowest BCUT2D eigenvalue weighted by molar-refractivity contribution is -0.127. The molecule has 1 aliphatic heterocycles. The molecule has 144 valence electrons. The van der Waals surface area contributed by atoms with Crippen LogP contribution >= 0.6 is 0 Å². The SMILES string of the molecule is CCc1ccc(C(C)NC(=O)C(C)N2CCN(C3CCCC3)CC2)cc1. The first kappa shape index (κ1) is 19.4. The molecule has 1 saturated heterocycles. The van der Waals surface area contributed by atoms with Gasteiger partial charge >= 0.3 is 0 Å². The molecule has 0 radical (unpaired) electrons. The van der Waals surface area contributed by atoms with E-state index in [4.69, 9.17) is 0 Å². The number of nitrogens with one attached hydrogen (secondary N) is 1. The summed E-state index contributed by atoms with van der Waals surface area (Å²) in [6, 6.07) is 9.37. The van der Waals surface area contributed by atoms with Crippen LogP contribution in [0.4, 0.5) is 0 Å². The second-order valence-electron chi connectivity index (χ2n) is 8.01. The van der Waals surface area contributed by atoms with E-state index >= 15 is 0 Å². The summed E-state index contributed by atoms with van der Waals surface area (Å²) in [5.41, 5.74) is 2.51. The van der Waals surface area contributed by atoms with Crippen LogP contribution in [-0.2, 0) is 11.2 Å². The van der Waals surface area contributed by atoms with Gasteiger partial charge in [0.25, 0.3) is 0 Å². The minimum Gasteiger partial charge on any atom is -0.348 e. The molecule has 1 heterocycles. The van der Waals surface area contributed by atoms with Crippen molar-refractivity contribution in [1.82, 2.24) is 15.1 Å². The van der Waals surface area contributed by atoms with E-state index in [0.29, 0.717) is 0 Å². The smallest absolute Gasteiger partial charge is 0.237 e. The van der Waals surface area contributed by atoms with E-state index < -0.39 is 0 Å². The lowest BCUT2D eigenvalue weighted by Crippen LogP contribution is -2.55. The summed E-state index contributed by atoms with van der Waals surface area (Å²) in [5, 5.41) is 3.20. The predicted molar refractivity (Wildman–Crippen MR) is 107 cm³/mol. The van der Waals surface area contributed by atoms with Gasteiger partial charge in [0.15, 0.2) is 0 Å². The van der Waals surface area contributed by atoms with Crippen LogP contribution in [0.2, 0.25) is 0 Å². The van der Waals surface area contributed by atoms with Gasteiger partial charge < -0.3 is 5.32 Å². The van der Waals surface area contributed by atoms with Crippen LogP contribution in [0.25, 0.3) is 0 Å². The standard InChI is InChI=1S/C22H35N3O/c1-4-19-9-11-20(12-10-19)17(2)23-22(26)18(3)24-13-15-25(16-14-24)21-7-5-6-8-21/h9-12,17-18,21H,4-8,13-16H2,1-3H3,(H,23,26). The van der Waals surface area contributed by atoms with Crippen LogP contribution in [0.1, 0.15) is 63.6 Å². The molecule has 2 aliphatic rings. The van der Waals surface area contributed by atoms with E-state index in [1.54, 1.807) is 0 Å². The summed E-state index contributed by atoms with van der Waals surface area (Å²) >= 11 is 0. The fourth-order valence-corrected chi connectivity index (χ4v) is 4.38. The Hall–Kier alpha value is -1.39. The third-order valence-corrected chi connectivity index (χ3v) is 6.36. The van der Waals surface area contributed by atoms with E-state index in [0.717, 1.165) is 38.6 Å². The molecule has 2 atom stereocenters. The van der Waals surface area contributed by atoms with E-state index in [9.17, 15) is 4.79 Å². The monoisotopic (exact) mass is 357 g/mol. The number of carbonyl (C=O) groups is 1. The van der Waals surface area contributed by atoms with Gasteiger partial charge in [0, 0.05) is 32.2 Å². The molecular formula is C22H35N3O. The highest BCUT2D eigenvalue weighted by atomic mass is 16.2. The molecular weight excluding hydrogens is 322 g/mol. The van der Waals surface area contributed by atoms with Gasteiger partial charge in [-0.05, 0) is 44.2 Å². The van der Waals surface area contributed by atoms with Gasteiger partial charge in [0.1, 0.15) is 0 Å². The van der Waals surface area contributed by atoms with Crippen molar-refractivity contribution in [2.75, 3.05) is 26.2 Å². The van der Waals surface area contributed by atoms with Gasteiger partial charge in [0.2, 0.25) is 5.91 Å². The van der Waals surface area contributed by atoms with Crippen LogP contribution in [0.3, 0.4) is 0 Å². The zero-order valence-electron chi connectivity index (χ0n) is 16.7. The van der Waals surface area contributed by atoms with Crippen LogP contribution in [-0.4, -0.2) is 54.0 Å². The van der Waals surface area contributed by atoms with Crippen LogP contribution in [0.15, 0.2) is 24.3 Å². The molecule has 1 aromatic carbocycles. The summed E-state index contributed by atoms with van der Waals surface area (Å²) in [6.07, 6.45) is 6.56. The topological polar surface area (TPSA) is 35.6 Å². The van der Waals surface area contributed by atoms with Gasteiger partial charge in [-0.15, -0.1) is 0 Å². The lowest BCUT2D eigenvalue weighted by Gasteiger charge is -2.40. The Kier molecular flexibility index (Phi) is 6.71. The Bertz CT molecular complexity index is 572. The van der Waals surface area contributed by atoms with Crippen molar-refractivity contribution in [3.8, 4) is 0 Å². The molecule has 0 bridgehead atoms. The Morgan fingerprint density at radius 3 is 2.27 bits per heavy atom. The maximum Gasteiger partial charge on any atom is 0.237 e. The third-order valence-electron chi connectivity index (χ3n) is 6.36. The molecule has 0 spiro atoms. The van der Waals surface area contributed by atoms with Crippen LogP contribution in [0, 0.1) is 0 Å². The second kappa shape index (κ2) is 9.01. The number of benzene rings is 1. The average molecular weight is 358 g/mol. The van der Waals surface area contributed by atoms with E-state index in [2.05, 4.69) is 53.2 Å². The summed E-state index contributed by atoms with van der Waals surface area (Å²) in [6.45, 7) is 10.5. The Morgan fingerprint density at radius 1 is 1.08 bits per heavy atom. The number of nitrogens with zero attached hydrogens (tertiary/aromatic N) is 2. The highest BCUT2D eigenvalue weighted by Crippen LogP contribution is 2.24. The normalized spacial score (nSPS) is 22.3. The van der Waals surface area contributed by atoms with Gasteiger partial charge in [-0.2, -0.15) is 0 Å². The van der Waals surface area contributed by atoms with Gasteiger partial charge in [0.05, 0.1) is 12.1 Å². The van der Waals surface area contributed by atoms with Crippen LogP contribution < -0.4 is 5.32 Å². The highest BCUT2D eigenvalue weighted by Gasteiger charge is 2.30. The van der Waals surface area contributed by atoms with Crippen molar-refractivity contribution in [3.05, 3.63) is 35.4 Å². The molecule has 1 saturated carbocycles. The van der Waals surface area contributed by atoms with Crippen LogP contribution in [0.5, 0.6) is 0 Å². The Labute approximate surface area is 158 Å². The number of hydrogen-bond donors (Lipinski definition) is 1. The molecule has 1 aromatic rings. The molecule has 1 amide bonds. The minimum atomic E-state index is -0.0573. The maximum absolute atomic E-state index is 12.7. The molecule has 1 aliphatic carbocycles. The van der Waals surface area contributed by atoms with Crippen molar-refractivity contribution >= 4 is 5.91 Å². The van der Waals surface area contributed by atoms with Crippen molar-refractivity contribution in [2.24, 2.45) is 0 Å². The highest BCUT2D eigenvalue weighted by molar-refractivity contribution is 5.81. The fraction of sp³-hybridized carbons (Fsp3) is 0.682. The average Bonchev–Trinajstić information content (AvgIpc) is 3.22. The number of aryl methyl sites for hydroxylation is 1. The fourth-order valence-electron chi connectivity index (χ4n) is 4.38. The molecule has 26 heavy (non-hydrogen) atoms. The zero-order valence-corrected chi connectivity index (χ0v) is 16.7. The number of carbonyl (C=O) groups excluding carboxylic acids is 1. The Balaban J connectivity index is 1.48. The van der Waals surface area contributed by atoms with Crippen molar-refractivity contribution in [2.45, 2.75) is 71.0 Å². The summed E-state index contributed by atoms with van der Waals surface area (Å²) < 4.78 is 0. The number of amides is 1. The van der Waals surface area contributed by atoms with E-state index in [-0.39, 0.29) is 18.0 Å².